The van der Waals surface area contributed by atoms with Gasteiger partial charge in [-0.1, -0.05) is 12.8 Å². The standard InChI is InChI=1S/C14H30N2O2/c1-12(15-9-7-14(17)11-18-2)10-13-6-4-3-5-8-16-13/h12-17H,3-11H2,1-2H3. The van der Waals surface area contributed by atoms with Gasteiger partial charge in [-0.25, -0.2) is 0 Å². The third-order valence-electron chi connectivity index (χ3n) is 3.63. The maximum Gasteiger partial charge on any atom is 0.0785 e. The van der Waals surface area contributed by atoms with Gasteiger partial charge < -0.3 is 20.5 Å². The Kier molecular flexibility index (Phi) is 8.59. The number of aliphatic hydroxyl groups excluding tert-OH is 1. The molecule has 108 valence electrons. The van der Waals surface area contributed by atoms with E-state index in [9.17, 15) is 5.11 Å². The van der Waals surface area contributed by atoms with Crippen LogP contribution >= 0.6 is 0 Å². The topological polar surface area (TPSA) is 53.5 Å². The molecule has 1 aliphatic rings. The smallest absolute Gasteiger partial charge is 0.0785 e. The lowest BCUT2D eigenvalue weighted by Crippen LogP contribution is -2.37. The van der Waals surface area contributed by atoms with Crippen LogP contribution < -0.4 is 10.6 Å². The number of hydrogen-bond acceptors (Lipinski definition) is 4. The van der Waals surface area contributed by atoms with Crippen molar-refractivity contribution in [3.05, 3.63) is 0 Å². The van der Waals surface area contributed by atoms with Crippen molar-refractivity contribution in [2.45, 2.75) is 63.6 Å². The van der Waals surface area contributed by atoms with Crippen LogP contribution in [0.4, 0.5) is 0 Å². The molecule has 4 heteroatoms. The molecule has 0 aliphatic carbocycles. The molecule has 0 amide bonds. The van der Waals surface area contributed by atoms with Crippen molar-refractivity contribution in [1.29, 1.82) is 0 Å². The fraction of sp³-hybridized carbons (Fsp3) is 1.00. The molecule has 0 aromatic carbocycles. The van der Waals surface area contributed by atoms with Gasteiger partial charge in [-0.2, -0.15) is 0 Å². The predicted molar refractivity (Wildman–Crippen MR) is 74.8 cm³/mol. The van der Waals surface area contributed by atoms with Crippen molar-refractivity contribution >= 4 is 0 Å². The summed E-state index contributed by atoms with van der Waals surface area (Å²) in [5.41, 5.74) is 0. The lowest BCUT2D eigenvalue weighted by Gasteiger charge is -2.22. The monoisotopic (exact) mass is 258 g/mol. The third kappa shape index (κ3) is 7.31. The van der Waals surface area contributed by atoms with Gasteiger partial charge >= 0.3 is 0 Å². The zero-order valence-corrected chi connectivity index (χ0v) is 12.0. The predicted octanol–water partition coefficient (Wildman–Crippen LogP) is 1.28. The fourth-order valence-corrected chi connectivity index (χ4v) is 2.58. The summed E-state index contributed by atoms with van der Waals surface area (Å²) in [5, 5.41) is 16.7. The van der Waals surface area contributed by atoms with Gasteiger partial charge in [0.1, 0.15) is 0 Å². The Morgan fingerprint density at radius 2 is 2.22 bits per heavy atom. The van der Waals surface area contributed by atoms with Gasteiger partial charge in [-0.15, -0.1) is 0 Å². The first kappa shape index (κ1) is 15.9. The number of methoxy groups -OCH3 is 1. The van der Waals surface area contributed by atoms with Crippen LogP contribution in [-0.2, 0) is 4.74 Å². The van der Waals surface area contributed by atoms with Gasteiger partial charge in [-0.3, -0.25) is 0 Å². The largest absolute Gasteiger partial charge is 0.391 e. The fourth-order valence-electron chi connectivity index (χ4n) is 2.58. The Labute approximate surface area is 111 Å². The quantitative estimate of drug-likeness (QED) is 0.614. The van der Waals surface area contributed by atoms with E-state index in [4.69, 9.17) is 4.74 Å². The third-order valence-corrected chi connectivity index (χ3v) is 3.63. The molecule has 0 aromatic heterocycles. The number of hydrogen-bond donors (Lipinski definition) is 3. The summed E-state index contributed by atoms with van der Waals surface area (Å²) in [7, 11) is 1.62. The molecule has 0 saturated carbocycles. The van der Waals surface area contributed by atoms with E-state index in [1.807, 2.05) is 0 Å². The maximum absolute atomic E-state index is 9.54. The number of nitrogens with one attached hydrogen (secondary N) is 2. The molecule has 0 radical (unpaired) electrons. The summed E-state index contributed by atoms with van der Waals surface area (Å²) in [6.45, 7) is 4.69. The van der Waals surface area contributed by atoms with E-state index in [0.717, 1.165) is 13.0 Å². The van der Waals surface area contributed by atoms with Crippen LogP contribution in [0.25, 0.3) is 0 Å². The lowest BCUT2D eigenvalue weighted by molar-refractivity contribution is 0.0589. The summed E-state index contributed by atoms with van der Waals surface area (Å²) in [6.07, 6.45) is 6.95. The van der Waals surface area contributed by atoms with Crippen LogP contribution in [0.5, 0.6) is 0 Å². The molecule has 1 aliphatic heterocycles. The normalized spacial score (nSPS) is 24.5. The number of rotatable bonds is 8. The summed E-state index contributed by atoms with van der Waals surface area (Å²) in [6, 6.07) is 1.18. The van der Waals surface area contributed by atoms with E-state index < -0.39 is 0 Å². The minimum Gasteiger partial charge on any atom is -0.391 e. The Hall–Kier alpha value is -0.160. The maximum atomic E-state index is 9.54. The van der Waals surface area contributed by atoms with Gasteiger partial charge in [0.2, 0.25) is 0 Å². The van der Waals surface area contributed by atoms with E-state index in [0.29, 0.717) is 18.7 Å². The Bertz CT molecular complexity index is 194. The second-order valence-electron chi connectivity index (χ2n) is 5.49. The molecule has 4 nitrogen and oxygen atoms in total. The molecule has 18 heavy (non-hydrogen) atoms. The molecule has 1 fully saturated rings. The van der Waals surface area contributed by atoms with Gasteiger partial charge in [0.05, 0.1) is 12.7 Å². The van der Waals surface area contributed by atoms with Crippen LogP contribution in [-0.4, -0.2) is 50.1 Å². The van der Waals surface area contributed by atoms with Crippen molar-refractivity contribution in [2.75, 3.05) is 26.8 Å². The zero-order valence-electron chi connectivity index (χ0n) is 12.0. The van der Waals surface area contributed by atoms with Gasteiger partial charge in [0.15, 0.2) is 0 Å². The van der Waals surface area contributed by atoms with E-state index in [1.165, 1.54) is 38.6 Å². The molecular weight excluding hydrogens is 228 g/mol. The molecule has 1 rings (SSSR count). The van der Waals surface area contributed by atoms with Gasteiger partial charge in [0.25, 0.3) is 0 Å². The first-order valence-corrected chi connectivity index (χ1v) is 7.36. The highest BCUT2D eigenvalue weighted by molar-refractivity contribution is 4.76. The van der Waals surface area contributed by atoms with Crippen LogP contribution in [0.1, 0.15) is 45.4 Å². The minimum absolute atomic E-state index is 0.342. The SMILES string of the molecule is COCC(O)CCNC(C)CC1CCCCCN1. The van der Waals surface area contributed by atoms with Crippen LogP contribution in [0.2, 0.25) is 0 Å². The van der Waals surface area contributed by atoms with Crippen LogP contribution in [0.3, 0.4) is 0 Å². The second kappa shape index (κ2) is 9.73. The summed E-state index contributed by atoms with van der Waals surface area (Å²) < 4.78 is 4.91. The van der Waals surface area contributed by atoms with Crippen molar-refractivity contribution in [2.24, 2.45) is 0 Å². The van der Waals surface area contributed by atoms with E-state index in [-0.39, 0.29) is 6.10 Å². The number of ether oxygens (including phenoxy) is 1. The van der Waals surface area contributed by atoms with Crippen molar-refractivity contribution in [3.8, 4) is 0 Å². The molecule has 0 spiro atoms. The molecule has 1 heterocycles. The van der Waals surface area contributed by atoms with Crippen LogP contribution in [0.15, 0.2) is 0 Å². The highest BCUT2D eigenvalue weighted by Gasteiger charge is 2.14. The molecular formula is C14H30N2O2. The molecule has 1 saturated heterocycles. The molecule has 3 atom stereocenters. The first-order chi connectivity index (χ1) is 8.72. The highest BCUT2D eigenvalue weighted by Crippen LogP contribution is 2.12. The van der Waals surface area contributed by atoms with E-state index in [1.54, 1.807) is 7.11 Å². The highest BCUT2D eigenvalue weighted by atomic mass is 16.5. The average Bonchev–Trinajstić information content (AvgIpc) is 2.58. The Balaban J connectivity index is 2.06. The summed E-state index contributed by atoms with van der Waals surface area (Å²) in [5.74, 6) is 0. The average molecular weight is 258 g/mol. The van der Waals surface area contributed by atoms with Gasteiger partial charge in [-0.05, 0) is 45.7 Å². The minimum atomic E-state index is -0.342. The first-order valence-electron chi connectivity index (χ1n) is 7.36. The van der Waals surface area contributed by atoms with Gasteiger partial charge in [0, 0.05) is 19.2 Å². The molecule has 0 aromatic rings. The lowest BCUT2D eigenvalue weighted by atomic mass is 10.0. The second-order valence-corrected chi connectivity index (χ2v) is 5.49. The molecule has 3 N–H and O–H groups in total. The molecule has 0 bridgehead atoms. The van der Waals surface area contributed by atoms with Crippen molar-refractivity contribution in [1.82, 2.24) is 10.6 Å². The van der Waals surface area contributed by atoms with Crippen LogP contribution in [0, 0.1) is 0 Å². The van der Waals surface area contributed by atoms with E-state index >= 15 is 0 Å². The summed E-state index contributed by atoms with van der Waals surface area (Å²) in [4.78, 5) is 0. The van der Waals surface area contributed by atoms with Crippen molar-refractivity contribution < 1.29 is 9.84 Å². The Morgan fingerprint density at radius 3 is 3.00 bits per heavy atom. The molecule has 3 unspecified atom stereocenters. The van der Waals surface area contributed by atoms with Crippen molar-refractivity contribution in [3.63, 3.8) is 0 Å². The number of aliphatic hydroxyl groups is 1. The Morgan fingerprint density at radius 1 is 1.39 bits per heavy atom. The zero-order chi connectivity index (χ0) is 13.2. The van der Waals surface area contributed by atoms with E-state index in [2.05, 4.69) is 17.6 Å². The summed E-state index contributed by atoms with van der Waals surface area (Å²) >= 11 is 0.